The number of nitrogens with one attached hydrogen (secondary N) is 1. The Hall–Kier alpha value is -0.0800. The standard InChI is InChI=1S/C16H32N2/c1-3-18(13-15-8-7-11-17-12-15)14(2)16-9-5-4-6-10-16/h14-17H,3-13H2,1-2H3. The van der Waals surface area contributed by atoms with Gasteiger partial charge in [-0.05, 0) is 64.1 Å². The van der Waals surface area contributed by atoms with Gasteiger partial charge in [0.1, 0.15) is 0 Å². The van der Waals surface area contributed by atoms with Gasteiger partial charge >= 0.3 is 0 Å². The molecular weight excluding hydrogens is 220 g/mol. The number of hydrogen-bond donors (Lipinski definition) is 1. The molecule has 1 N–H and O–H groups in total. The first kappa shape index (κ1) is 14.3. The fourth-order valence-electron chi connectivity index (χ4n) is 3.91. The van der Waals surface area contributed by atoms with Crippen molar-refractivity contribution in [1.82, 2.24) is 10.2 Å². The van der Waals surface area contributed by atoms with E-state index in [1.807, 2.05) is 0 Å². The molecule has 1 saturated carbocycles. The average Bonchev–Trinajstić information content (AvgIpc) is 2.46. The molecule has 2 nitrogen and oxygen atoms in total. The molecule has 1 aliphatic heterocycles. The molecule has 2 fully saturated rings. The topological polar surface area (TPSA) is 15.3 Å². The summed E-state index contributed by atoms with van der Waals surface area (Å²) in [6.07, 6.45) is 10.2. The molecule has 0 aromatic heterocycles. The van der Waals surface area contributed by atoms with E-state index in [1.54, 1.807) is 0 Å². The van der Waals surface area contributed by atoms with E-state index in [2.05, 4.69) is 24.1 Å². The molecular formula is C16H32N2. The van der Waals surface area contributed by atoms with Gasteiger partial charge < -0.3 is 10.2 Å². The first-order valence-corrected chi connectivity index (χ1v) is 8.26. The molecule has 18 heavy (non-hydrogen) atoms. The highest BCUT2D eigenvalue weighted by Gasteiger charge is 2.26. The summed E-state index contributed by atoms with van der Waals surface area (Å²) < 4.78 is 0. The normalized spacial score (nSPS) is 28.5. The first-order valence-electron chi connectivity index (χ1n) is 8.26. The molecule has 0 amide bonds. The van der Waals surface area contributed by atoms with Crippen LogP contribution in [0.1, 0.15) is 58.8 Å². The van der Waals surface area contributed by atoms with Crippen LogP contribution in [0.2, 0.25) is 0 Å². The largest absolute Gasteiger partial charge is 0.316 e. The van der Waals surface area contributed by atoms with Crippen LogP contribution in [-0.2, 0) is 0 Å². The average molecular weight is 252 g/mol. The first-order chi connectivity index (χ1) is 8.81. The minimum atomic E-state index is 0.803. The van der Waals surface area contributed by atoms with Crippen LogP contribution in [0.4, 0.5) is 0 Å². The molecule has 0 aromatic rings. The van der Waals surface area contributed by atoms with Crippen molar-refractivity contribution in [3.8, 4) is 0 Å². The van der Waals surface area contributed by atoms with Crippen molar-refractivity contribution >= 4 is 0 Å². The maximum absolute atomic E-state index is 3.56. The van der Waals surface area contributed by atoms with Crippen molar-refractivity contribution in [3.63, 3.8) is 0 Å². The fourth-order valence-corrected chi connectivity index (χ4v) is 3.91. The van der Waals surface area contributed by atoms with Gasteiger partial charge in [0.2, 0.25) is 0 Å². The van der Waals surface area contributed by atoms with E-state index in [0.717, 1.165) is 17.9 Å². The summed E-state index contributed by atoms with van der Waals surface area (Å²) in [5.41, 5.74) is 0. The van der Waals surface area contributed by atoms with E-state index < -0.39 is 0 Å². The van der Waals surface area contributed by atoms with Crippen molar-refractivity contribution in [3.05, 3.63) is 0 Å². The lowest BCUT2D eigenvalue weighted by Crippen LogP contribution is -2.45. The maximum Gasteiger partial charge on any atom is 0.00952 e. The summed E-state index contributed by atoms with van der Waals surface area (Å²) in [6, 6.07) is 0.803. The summed E-state index contributed by atoms with van der Waals surface area (Å²) in [5.74, 6) is 1.86. The Bertz CT molecular complexity index is 217. The zero-order valence-corrected chi connectivity index (χ0v) is 12.5. The van der Waals surface area contributed by atoms with Gasteiger partial charge in [0.25, 0.3) is 0 Å². The van der Waals surface area contributed by atoms with E-state index in [1.165, 1.54) is 71.1 Å². The van der Waals surface area contributed by atoms with Gasteiger partial charge in [-0.3, -0.25) is 0 Å². The lowest BCUT2D eigenvalue weighted by Gasteiger charge is -2.38. The van der Waals surface area contributed by atoms with Crippen LogP contribution in [-0.4, -0.2) is 37.1 Å². The van der Waals surface area contributed by atoms with Gasteiger partial charge in [0, 0.05) is 12.6 Å². The lowest BCUT2D eigenvalue weighted by molar-refractivity contribution is 0.110. The van der Waals surface area contributed by atoms with E-state index in [9.17, 15) is 0 Å². The Morgan fingerprint density at radius 1 is 1.11 bits per heavy atom. The molecule has 0 bridgehead atoms. The SMILES string of the molecule is CCN(CC1CCCNC1)C(C)C1CCCCC1. The molecule has 0 spiro atoms. The minimum absolute atomic E-state index is 0.803. The Kier molecular flexibility index (Phi) is 5.97. The molecule has 2 heteroatoms. The van der Waals surface area contributed by atoms with Gasteiger partial charge in [-0.1, -0.05) is 26.2 Å². The zero-order valence-electron chi connectivity index (χ0n) is 12.5. The van der Waals surface area contributed by atoms with E-state index in [-0.39, 0.29) is 0 Å². The number of piperidine rings is 1. The minimum Gasteiger partial charge on any atom is -0.316 e. The van der Waals surface area contributed by atoms with Crippen LogP contribution in [0.5, 0.6) is 0 Å². The van der Waals surface area contributed by atoms with Gasteiger partial charge in [-0.15, -0.1) is 0 Å². The van der Waals surface area contributed by atoms with Crippen LogP contribution in [0.3, 0.4) is 0 Å². The summed E-state index contributed by atoms with van der Waals surface area (Å²) >= 11 is 0. The highest BCUT2D eigenvalue weighted by molar-refractivity contribution is 4.81. The van der Waals surface area contributed by atoms with E-state index in [0.29, 0.717) is 0 Å². The Balaban J connectivity index is 1.81. The molecule has 2 unspecified atom stereocenters. The monoisotopic (exact) mass is 252 g/mol. The van der Waals surface area contributed by atoms with Crippen molar-refractivity contribution in [2.75, 3.05) is 26.2 Å². The van der Waals surface area contributed by atoms with Gasteiger partial charge in [-0.25, -0.2) is 0 Å². The molecule has 106 valence electrons. The van der Waals surface area contributed by atoms with Crippen molar-refractivity contribution in [2.45, 2.75) is 64.8 Å². The number of nitrogens with zero attached hydrogens (tertiary/aromatic N) is 1. The third kappa shape index (κ3) is 3.96. The second kappa shape index (κ2) is 7.49. The molecule has 2 rings (SSSR count). The molecule has 2 aliphatic rings. The lowest BCUT2D eigenvalue weighted by atomic mass is 9.83. The highest BCUT2D eigenvalue weighted by atomic mass is 15.2. The van der Waals surface area contributed by atoms with Crippen LogP contribution in [0.25, 0.3) is 0 Å². The maximum atomic E-state index is 3.56. The van der Waals surface area contributed by atoms with E-state index >= 15 is 0 Å². The molecule has 1 heterocycles. The molecule has 0 aromatic carbocycles. The summed E-state index contributed by atoms with van der Waals surface area (Å²) in [7, 11) is 0. The number of hydrogen-bond acceptors (Lipinski definition) is 2. The van der Waals surface area contributed by atoms with Crippen LogP contribution < -0.4 is 5.32 Å². The molecule has 1 aliphatic carbocycles. The summed E-state index contributed by atoms with van der Waals surface area (Å²) in [6.45, 7) is 9.86. The second-order valence-corrected chi connectivity index (χ2v) is 6.44. The summed E-state index contributed by atoms with van der Waals surface area (Å²) in [5, 5.41) is 3.56. The van der Waals surface area contributed by atoms with Crippen LogP contribution in [0.15, 0.2) is 0 Å². The summed E-state index contributed by atoms with van der Waals surface area (Å²) in [4.78, 5) is 2.76. The third-order valence-corrected chi connectivity index (χ3v) is 5.21. The second-order valence-electron chi connectivity index (χ2n) is 6.44. The van der Waals surface area contributed by atoms with Crippen LogP contribution >= 0.6 is 0 Å². The van der Waals surface area contributed by atoms with Gasteiger partial charge in [-0.2, -0.15) is 0 Å². The van der Waals surface area contributed by atoms with E-state index in [4.69, 9.17) is 0 Å². The Morgan fingerprint density at radius 2 is 1.89 bits per heavy atom. The smallest absolute Gasteiger partial charge is 0.00952 e. The van der Waals surface area contributed by atoms with Crippen molar-refractivity contribution in [2.24, 2.45) is 11.8 Å². The highest BCUT2D eigenvalue weighted by Crippen LogP contribution is 2.29. The number of rotatable bonds is 5. The third-order valence-electron chi connectivity index (χ3n) is 5.21. The Labute approximate surface area is 114 Å². The molecule has 0 radical (unpaired) electrons. The van der Waals surface area contributed by atoms with Crippen molar-refractivity contribution < 1.29 is 0 Å². The van der Waals surface area contributed by atoms with Crippen molar-refractivity contribution in [1.29, 1.82) is 0 Å². The zero-order chi connectivity index (χ0) is 12.8. The predicted octanol–water partition coefficient (Wildman–Crippen LogP) is 3.28. The quantitative estimate of drug-likeness (QED) is 0.808. The van der Waals surface area contributed by atoms with Crippen LogP contribution in [0, 0.1) is 11.8 Å². The fraction of sp³-hybridized carbons (Fsp3) is 1.00. The van der Waals surface area contributed by atoms with Gasteiger partial charge in [0.15, 0.2) is 0 Å². The van der Waals surface area contributed by atoms with Gasteiger partial charge in [0.05, 0.1) is 0 Å². The Morgan fingerprint density at radius 3 is 2.50 bits per heavy atom. The predicted molar refractivity (Wildman–Crippen MR) is 78.9 cm³/mol. The molecule has 2 atom stereocenters. The molecule has 1 saturated heterocycles.